The van der Waals surface area contributed by atoms with E-state index in [1.165, 1.54) is 0 Å². The molecule has 0 unspecified atom stereocenters. The topological polar surface area (TPSA) is 88.1 Å². The van der Waals surface area contributed by atoms with Crippen LogP contribution in [-0.4, -0.2) is 46.9 Å². The van der Waals surface area contributed by atoms with E-state index in [1.807, 2.05) is 18.2 Å². The lowest BCUT2D eigenvalue weighted by Gasteiger charge is -2.25. The molecule has 0 saturated carbocycles. The Bertz CT molecular complexity index is 874. The highest BCUT2D eigenvalue weighted by atomic mass is 19.4. The second-order valence-corrected chi connectivity index (χ2v) is 6.61. The molecule has 10 heteroatoms. The van der Waals surface area contributed by atoms with Crippen LogP contribution in [0.1, 0.15) is 22.3 Å². The highest BCUT2D eigenvalue weighted by Gasteiger charge is 2.41. The second kappa shape index (κ2) is 9.14. The Morgan fingerprint density at radius 2 is 1.77 bits per heavy atom. The first-order valence-corrected chi connectivity index (χ1v) is 9.05. The molecule has 2 N–H and O–H groups in total. The van der Waals surface area contributed by atoms with E-state index in [1.54, 1.807) is 12.1 Å². The quantitative estimate of drug-likeness (QED) is 0.696. The van der Waals surface area contributed by atoms with Gasteiger partial charge in [0.05, 0.1) is 12.7 Å². The van der Waals surface area contributed by atoms with Crippen LogP contribution in [0.5, 0.6) is 5.75 Å². The first kappa shape index (κ1) is 21.6. The fourth-order valence-corrected chi connectivity index (χ4v) is 3.11. The number of alkyl halides is 3. The maximum atomic E-state index is 12.7. The molecule has 3 rings (SSSR count). The maximum Gasteiger partial charge on any atom is 0.573 e. The molecule has 2 amide bonds. The SMILES string of the molecule is O=C(NOCc1ccccc1)[C@@H]1[C@H](O)CCN1C(=O)c1ccc(OC(F)(F)F)cc1. The van der Waals surface area contributed by atoms with Crippen molar-refractivity contribution in [1.82, 2.24) is 10.4 Å². The van der Waals surface area contributed by atoms with E-state index in [2.05, 4.69) is 10.2 Å². The molecule has 0 aliphatic carbocycles. The molecule has 1 aliphatic heterocycles. The van der Waals surface area contributed by atoms with E-state index in [-0.39, 0.29) is 25.1 Å². The molecular weight excluding hydrogens is 405 g/mol. The fourth-order valence-electron chi connectivity index (χ4n) is 3.11. The van der Waals surface area contributed by atoms with Crippen molar-refractivity contribution < 1.29 is 37.4 Å². The molecule has 0 spiro atoms. The summed E-state index contributed by atoms with van der Waals surface area (Å²) in [7, 11) is 0. The molecular formula is C20H19F3N2O5. The number of hydroxylamine groups is 1. The third-order valence-electron chi connectivity index (χ3n) is 4.48. The van der Waals surface area contributed by atoms with E-state index in [0.29, 0.717) is 0 Å². The van der Waals surface area contributed by atoms with Crippen LogP contribution < -0.4 is 10.2 Å². The zero-order chi connectivity index (χ0) is 21.7. The van der Waals surface area contributed by atoms with Crippen LogP contribution in [0, 0.1) is 0 Å². The van der Waals surface area contributed by atoms with Crippen molar-refractivity contribution in [3.63, 3.8) is 0 Å². The number of carbonyl (C=O) groups is 2. The zero-order valence-corrected chi connectivity index (χ0v) is 15.6. The Labute approximate surface area is 170 Å². The van der Waals surface area contributed by atoms with Crippen molar-refractivity contribution in [2.45, 2.75) is 31.5 Å². The number of hydrogen-bond acceptors (Lipinski definition) is 5. The molecule has 1 fully saturated rings. The summed E-state index contributed by atoms with van der Waals surface area (Å²) in [5.74, 6) is -1.77. The molecule has 0 aromatic heterocycles. The van der Waals surface area contributed by atoms with Gasteiger partial charge in [0.25, 0.3) is 11.8 Å². The number of nitrogens with zero attached hydrogens (tertiary/aromatic N) is 1. The van der Waals surface area contributed by atoms with Gasteiger partial charge in [-0.3, -0.25) is 14.4 Å². The van der Waals surface area contributed by atoms with Gasteiger partial charge in [-0.2, -0.15) is 0 Å². The Kier molecular flexibility index (Phi) is 6.58. The molecule has 2 aromatic carbocycles. The lowest BCUT2D eigenvalue weighted by Crippen LogP contribution is -2.50. The Balaban J connectivity index is 1.62. The van der Waals surface area contributed by atoms with Gasteiger partial charge in [0.1, 0.15) is 11.8 Å². The molecule has 2 aromatic rings. The third kappa shape index (κ3) is 5.49. The van der Waals surface area contributed by atoms with Crippen molar-refractivity contribution in [2.24, 2.45) is 0 Å². The largest absolute Gasteiger partial charge is 0.573 e. The van der Waals surface area contributed by atoms with Gasteiger partial charge in [-0.1, -0.05) is 30.3 Å². The first-order valence-electron chi connectivity index (χ1n) is 9.05. The number of amides is 2. The summed E-state index contributed by atoms with van der Waals surface area (Å²) in [4.78, 5) is 31.5. The average molecular weight is 424 g/mol. The van der Waals surface area contributed by atoms with Crippen LogP contribution >= 0.6 is 0 Å². The minimum Gasteiger partial charge on any atom is -0.406 e. The number of ether oxygens (including phenoxy) is 1. The van der Waals surface area contributed by atoms with E-state index in [0.717, 1.165) is 34.7 Å². The second-order valence-electron chi connectivity index (χ2n) is 6.61. The summed E-state index contributed by atoms with van der Waals surface area (Å²) < 4.78 is 40.5. The van der Waals surface area contributed by atoms with Crippen molar-refractivity contribution in [3.8, 4) is 5.75 Å². The Morgan fingerprint density at radius 3 is 2.40 bits per heavy atom. The number of nitrogens with one attached hydrogen (secondary N) is 1. The van der Waals surface area contributed by atoms with E-state index in [4.69, 9.17) is 4.84 Å². The van der Waals surface area contributed by atoms with E-state index < -0.39 is 36.1 Å². The number of likely N-dealkylation sites (tertiary alicyclic amines) is 1. The molecule has 160 valence electrons. The summed E-state index contributed by atoms with van der Waals surface area (Å²) in [6, 6.07) is 12.2. The normalized spacial score (nSPS) is 18.9. The van der Waals surface area contributed by atoms with Crippen LogP contribution in [0.25, 0.3) is 0 Å². The highest BCUT2D eigenvalue weighted by Crippen LogP contribution is 2.25. The smallest absolute Gasteiger partial charge is 0.406 e. The maximum absolute atomic E-state index is 12.7. The Morgan fingerprint density at radius 1 is 1.10 bits per heavy atom. The third-order valence-corrected chi connectivity index (χ3v) is 4.48. The van der Waals surface area contributed by atoms with Gasteiger partial charge in [0, 0.05) is 12.1 Å². The van der Waals surface area contributed by atoms with Gasteiger partial charge in [-0.25, -0.2) is 5.48 Å². The van der Waals surface area contributed by atoms with Crippen LogP contribution in [-0.2, 0) is 16.2 Å². The van der Waals surface area contributed by atoms with Gasteiger partial charge in [0.2, 0.25) is 0 Å². The van der Waals surface area contributed by atoms with Gasteiger partial charge in [-0.15, -0.1) is 13.2 Å². The number of rotatable bonds is 6. The van der Waals surface area contributed by atoms with Gasteiger partial charge >= 0.3 is 6.36 Å². The molecule has 1 aliphatic rings. The molecule has 1 saturated heterocycles. The standard InChI is InChI=1S/C20H19F3N2O5/c21-20(22,23)30-15-8-6-14(7-9-15)19(28)25-11-10-16(26)17(25)18(27)24-29-12-13-4-2-1-3-5-13/h1-9,16-17,26H,10-12H2,(H,24,27)/t16-,17+/m1/s1. The summed E-state index contributed by atoms with van der Waals surface area (Å²) in [6.45, 7) is 0.210. The van der Waals surface area contributed by atoms with Crippen molar-refractivity contribution in [1.29, 1.82) is 0 Å². The number of benzene rings is 2. The minimum absolute atomic E-state index is 0.0571. The summed E-state index contributed by atoms with van der Waals surface area (Å²) in [5, 5.41) is 10.2. The monoisotopic (exact) mass is 424 g/mol. The summed E-state index contributed by atoms with van der Waals surface area (Å²) in [6.07, 6.45) is -5.76. The van der Waals surface area contributed by atoms with Crippen LogP contribution in [0.3, 0.4) is 0 Å². The predicted molar refractivity (Wildman–Crippen MR) is 97.9 cm³/mol. The lowest BCUT2D eigenvalue weighted by molar-refractivity contribution is -0.274. The number of aliphatic hydroxyl groups excluding tert-OH is 1. The molecule has 0 bridgehead atoms. The van der Waals surface area contributed by atoms with Crippen LogP contribution in [0.4, 0.5) is 13.2 Å². The van der Waals surface area contributed by atoms with Crippen LogP contribution in [0.2, 0.25) is 0 Å². The molecule has 2 atom stereocenters. The summed E-state index contributed by atoms with van der Waals surface area (Å²) >= 11 is 0. The lowest BCUT2D eigenvalue weighted by atomic mass is 10.1. The van der Waals surface area contributed by atoms with Crippen molar-refractivity contribution in [2.75, 3.05) is 6.54 Å². The number of hydrogen-bond donors (Lipinski definition) is 2. The van der Waals surface area contributed by atoms with E-state index in [9.17, 15) is 27.9 Å². The van der Waals surface area contributed by atoms with Gasteiger partial charge in [0.15, 0.2) is 0 Å². The molecule has 7 nitrogen and oxygen atoms in total. The molecule has 30 heavy (non-hydrogen) atoms. The fraction of sp³-hybridized carbons (Fsp3) is 0.300. The number of carbonyl (C=O) groups excluding carboxylic acids is 2. The van der Waals surface area contributed by atoms with Crippen molar-refractivity contribution in [3.05, 3.63) is 65.7 Å². The van der Waals surface area contributed by atoms with Crippen molar-refractivity contribution >= 4 is 11.8 Å². The van der Waals surface area contributed by atoms with Gasteiger partial charge < -0.3 is 14.7 Å². The predicted octanol–water partition coefficient (Wildman–Crippen LogP) is 2.41. The molecule has 1 heterocycles. The van der Waals surface area contributed by atoms with Gasteiger partial charge in [-0.05, 0) is 36.2 Å². The van der Waals surface area contributed by atoms with Crippen LogP contribution in [0.15, 0.2) is 54.6 Å². The zero-order valence-electron chi connectivity index (χ0n) is 15.6. The summed E-state index contributed by atoms with van der Waals surface area (Å²) in [5.41, 5.74) is 3.11. The Hall–Kier alpha value is -3.11. The first-order chi connectivity index (χ1) is 14.2. The number of aliphatic hydroxyl groups is 1. The van der Waals surface area contributed by atoms with E-state index >= 15 is 0 Å². The number of halogens is 3. The average Bonchev–Trinajstić information content (AvgIpc) is 3.09. The molecule has 0 radical (unpaired) electrons. The highest BCUT2D eigenvalue weighted by molar-refractivity contribution is 5.98. The minimum atomic E-state index is -4.84.